The first kappa shape index (κ1) is 31.1. The molecule has 0 amide bonds. The lowest BCUT2D eigenvalue weighted by molar-refractivity contribution is 1.18. The molecule has 0 spiro atoms. The Bertz CT molecular complexity index is 2950. The summed E-state index contributed by atoms with van der Waals surface area (Å²) in [5.41, 5.74) is 11.7. The van der Waals surface area contributed by atoms with Crippen LogP contribution in [0.4, 0.5) is 0 Å². The van der Waals surface area contributed by atoms with Gasteiger partial charge in [0.1, 0.15) is 0 Å². The van der Waals surface area contributed by atoms with Crippen molar-refractivity contribution < 1.29 is 0 Å². The molecule has 0 fully saturated rings. The molecular weight excluding hydrogens is 661 g/mol. The standard InChI is InChI=1S/C50H32N2S/c1-3-13-33(14-4-1)39-28-40(37-25-26-44-43-20-11-12-22-48(43)53-49(44)31-37)30-41(29-39)47-32-46(38-24-23-34-15-7-8-18-36(34)27-38)51-50(52-47)45-21-10-9-19-42(45)35-16-5-2-6-17-35/h1-32H. The zero-order valence-corrected chi connectivity index (χ0v) is 29.6. The number of nitrogens with zero attached hydrogens (tertiary/aromatic N) is 2. The smallest absolute Gasteiger partial charge is 0.161 e. The molecule has 0 aliphatic heterocycles. The van der Waals surface area contributed by atoms with Crippen LogP contribution in [0.15, 0.2) is 194 Å². The van der Waals surface area contributed by atoms with Crippen molar-refractivity contribution in [1.29, 1.82) is 0 Å². The molecular formula is C50H32N2S. The number of hydrogen-bond acceptors (Lipinski definition) is 3. The van der Waals surface area contributed by atoms with E-state index < -0.39 is 0 Å². The Morgan fingerprint density at radius 1 is 0.302 bits per heavy atom. The van der Waals surface area contributed by atoms with Crippen LogP contribution in [0.2, 0.25) is 0 Å². The Kier molecular flexibility index (Phi) is 7.71. The molecule has 0 unspecified atom stereocenters. The fourth-order valence-corrected chi connectivity index (χ4v) is 8.55. The van der Waals surface area contributed by atoms with E-state index in [-0.39, 0.29) is 0 Å². The number of hydrogen-bond donors (Lipinski definition) is 0. The average Bonchev–Trinajstić information content (AvgIpc) is 3.62. The van der Waals surface area contributed by atoms with Gasteiger partial charge >= 0.3 is 0 Å². The summed E-state index contributed by atoms with van der Waals surface area (Å²) in [4.78, 5) is 10.7. The SMILES string of the molecule is c1ccc(-c2cc(-c3ccc4c(c3)sc3ccccc34)cc(-c3cc(-c4ccc5ccccc5c4)nc(-c4ccccc4-c4ccccc4)n3)c2)cc1. The Labute approximate surface area is 312 Å². The Morgan fingerprint density at radius 2 is 0.887 bits per heavy atom. The van der Waals surface area contributed by atoms with E-state index in [1.165, 1.54) is 36.5 Å². The molecule has 2 aromatic heterocycles. The minimum absolute atomic E-state index is 0.698. The number of aromatic nitrogens is 2. The van der Waals surface area contributed by atoms with E-state index >= 15 is 0 Å². The summed E-state index contributed by atoms with van der Waals surface area (Å²) >= 11 is 1.85. The van der Waals surface area contributed by atoms with E-state index in [9.17, 15) is 0 Å². The first-order valence-corrected chi connectivity index (χ1v) is 18.7. The number of benzene rings is 8. The van der Waals surface area contributed by atoms with Gasteiger partial charge in [-0.15, -0.1) is 11.3 Å². The predicted molar refractivity (Wildman–Crippen MR) is 225 cm³/mol. The lowest BCUT2D eigenvalue weighted by Gasteiger charge is -2.15. The summed E-state index contributed by atoms with van der Waals surface area (Å²) in [6, 6.07) is 69.3. The first-order chi connectivity index (χ1) is 26.2. The summed E-state index contributed by atoms with van der Waals surface area (Å²) in [5.74, 6) is 0.698. The molecule has 8 aromatic carbocycles. The second kappa shape index (κ2) is 13.1. The third-order valence-corrected chi connectivity index (χ3v) is 11.2. The van der Waals surface area contributed by atoms with Crippen molar-refractivity contribution in [1.82, 2.24) is 9.97 Å². The number of fused-ring (bicyclic) bond motifs is 4. The summed E-state index contributed by atoms with van der Waals surface area (Å²) < 4.78 is 2.60. The molecule has 0 atom stereocenters. The zero-order chi connectivity index (χ0) is 35.1. The minimum Gasteiger partial charge on any atom is -0.228 e. The molecule has 10 aromatic rings. The number of thiophene rings is 1. The van der Waals surface area contributed by atoms with Gasteiger partial charge in [0.25, 0.3) is 0 Å². The molecule has 53 heavy (non-hydrogen) atoms. The first-order valence-electron chi connectivity index (χ1n) is 17.9. The van der Waals surface area contributed by atoms with Crippen molar-refractivity contribution in [2.24, 2.45) is 0 Å². The molecule has 0 saturated carbocycles. The van der Waals surface area contributed by atoms with Crippen molar-refractivity contribution in [3.8, 4) is 67.3 Å². The fraction of sp³-hybridized carbons (Fsp3) is 0. The molecule has 0 aliphatic rings. The lowest BCUT2D eigenvalue weighted by atomic mass is 9.94. The molecule has 2 heterocycles. The van der Waals surface area contributed by atoms with E-state index in [4.69, 9.17) is 9.97 Å². The van der Waals surface area contributed by atoms with Gasteiger partial charge in [0.05, 0.1) is 11.4 Å². The summed E-state index contributed by atoms with van der Waals surface area (Å²) in [6.07, 6.45) is 0. The molecule has 0 aliphatic carbocycles. The number of rotatable bonds is 6. The van der Waals surface area contributed by atoms with Crippen LogP contribution in [0.25, 0.3) is 98.2 Å². The highest BCUT2D eigenvalue weighted by molar-refractivity contribution is 7.25. The minimum atomic E-state index is 0.698. The van der Waals surface area contributed by atoms with E-state index in [0.717, 1.165) is 55.9 Å². The normalized spacial score (nSPS) is 11.4. The van der Waals surface area contributed by atoms with Crippen LogP contribution in [-0.2, 0) is 0 Å². The van der Waals surface area contributed by atoms with Crippen LogP contribution in [0.1, 0.15) is 0 Å². The largest absolute Gasteiger partial charge is 0.228 e. The maximum absolute atomic E-state index is 5.39. The van der Waals surface area contributed by atoms with E-state index in [2.05, 4.69) is 194 Å². The van der Waals surface area contributed by atoms with Gasteiger partial charge in [-0.25, -0.2) is 9.97 Å². The maximum atomic E-state index is 5.39. The Balaban J connectivity index is 1.20. The van der Waals surface area contributed by atoms with E-state index in [1.807, 2.05) is 11.3 Å². The topological polar surface area (TPSA) is 25.8 Å². The van der Waals surface area contributed by atoms with Gasteiger partial charge in [0, 0.05) is 36.9 Å². The van der Waals surface area contributed by atoms with Crippen LogP contribution in [0.5, 0.6) is 0 Å². The summed E-state index contributed by atoms with van der Waals surface area (Å²) in [7, 11) is 0. The van der Waals surface area contributed by atoms with Crippen LogP contribution in [-0.4, -0.2) is 9.97 Å². The van der Waals surface area contributed by atoms with Gasteiger partial charge in [0.15, 0.2) is 5.82 Å². The average molecular weight is 693 g/mol. The second-order valence-electron chi connectivity index (χ2n) is 13.4. The van der Waals surface area contributed by atoms with Crippen molar-refractivity contribution >= 4 is 42.3 Å². The predicted octanol–water partition coefficient (Wildman–Crippen LogP) is 14.0. The zero-order valence-electron chi connectivity index (χ0n) is 28.8. The van der Waals surface area contributed by atoms with Crippen LogP contribution < -0.4 is 0 Å². The van der Waals surface area contributed by atoms with Crippen molar-refractivity contribution in [3.63, 3.8) is 0 Å². The Morgan fingerprint density at radius 3 is 1.70 bits per heavy atom. The van der Waals surface area contributed by atoms with Gasteiger partial charge in [-0.05, 0) is 86.6 Å². The van der Waals surface area contributed by atoms with E-state index in [1.54, 1.807) is 0 Å². The molecule has 248 valence electrons. The summed E-state index contributed by atoms with van der Waals surface area (Å²) in [5, 5.41) is 4.99. The van der Waals surface area contributed by atoms with Gasteiger partial charge in [-0.1, -0.05) is 152 Å². The maximum Gasteiger partial charge on any atom is 0.161 e. The van der Waals surface area contributed by atoms with Crippen molar-refractivity contribution in [2.75, 3.05) is 0 Å². The van der Waals surface area contributed by atoms with Gasteiger partial charge < -0.3 is 0 Å². The third-order valence-electron chi connectivity index (χ3n) is 10.1. The highest BCUT2D eigenvalue weighted by Gasteiger charge is 2.17. The van der Waals surface area contributed by atoms with Crippen LogP contribution >= 0.6 is 11.3 Å². The lowest BCUT2D eigenvalue weighted by Crippen LogP contribution is -1.98. The highest BCUT2D eigenvalue weighted by Crippen LogP contribution is 2.40. The van der Waals surface area contributed by atoms with Gasteiger partial charge in [-0.2, -0.15) is 0 Å². The van der Waals surface area contributed by atoms with Crippen LogP contribution in [0, 0.1) is 0 Å². The van der Waals surface area contributed by atoms with Crippen molar-refractivity contribution in [2.45, 2.75) is 0 Å². The van der Waals surface area contributed by atoms with Crippen molar-refractivity contribution in [3.05, 3.63) is 194 Å². The molecule has 0 N–H and O–H groups in total. The quantitative estimate of drug-likeness (QED) is 0.173. The second-order valence-corrected chi connectivity index (χ2v) is 14.5. The molecule has 0 radical (unpaired) electrons. The molecule has 0 saturated heterocycles. The fourth-order valence-electron chi connectivity index (χ4n) is 7.40. The monoisotopic (exact) mass is 692 g/mol. The van der Waals surface area contributed by atoms with E-state index in [0.29, 0.717) is 5.82 Å². The summed E-state index contributed by atoms with van der Waals surface area (Å²) in [6.45, 7) is 0. The highest BCUT2D eigenvalue weighted by atomic mass is 32.1. The third kappa shape index (κ3) is 5.87. The van der Waals surface area contributed by atoms with Crippen LogP contribution in [0.3, 0.4) is 0 Å². The molecule has 0 bridgehead atoms. The van der Waals surface area contributed by atoms with Gasteiger partial charge in [0.2, 0.25) is 0 Å². The molecule has 3 heteroatoms. The molecule has 10 rings (SSSR count). The van der Waals surface area contributed by atoms with Gasteiger partial charge in [-0.3, -0.25) is 0 Å². The Hall–Kier alpha value is -6.68. The molecule has 2 nitrogen and oxygen atoms in total.